The van der Waals surface area contributed by atoms with Gasteiger partial charge in [-0.25, -0.2) is 0 Å². The van der Waals surface area contributed by atoms with Gasteiger partial charge in [0.2, 0.25) is 0 Å². The summed E-state index contributed by atoms with van der Waals surface area (Å²) < 4.78 is 0. The van der Waals surface area contributed by atoms with Crippen molar-refractivity contribution in [1.82, 2.24) is 0 Å². The Labute approximate surface area is 406 Å². The van der Waals surface area contributed by atoms with Crippen LogP contribution >= 0.6 is 0 Å². The highest BCUT2D eigenvalue weighted by Gasteiger charge is 2.70. The monoisotopic (exact) mass is 889 g/mol. The molecule has 18 unspecified atom stereocenters. The molecule has 2 aromatic carbocycles. The van der Waals surface area contributed by atoms with E-state index < -0.39 is 0 Å². The van der Waals surface area contributed by atoms with Crippen LogP contribution in [0.25, 0.3) is 0 Å². The summed E-state index contributed by atoms with van der Waals surface area (Å²) in [6, 6.07) is 16.8. The van der Waals surface area contributed by atoms with Crippen molar-refractivity contribution in [3.63, 3.8) is 0 Å². The Bertz CT molecular complexity index is 2160. The molecule has 18 atom stereocenters. The molecule has 0 N–H and O–H groups in total. The van der Waals surface area contributed by atoms with Gasteiger partial charge in [-0.05, 0) is 231 Å². The first kappa shape index (κ1) is 46.3. The van der Waals surface area contributed by atoms with Crippen molar-refractivity contribution in [1.29, 1.82) is 0 Å². The molecule has 9 aliphatic rings. The summed E-state index contributed by atoms with van der Waals surface area (Å²) in [4.78, 5) is 0. The van der Waals surface area contributed by atoms with Crippen LogP contribution in [0, 0.1) is 100 Å². The third-order valence-electron chi connectivity index (χ3n) is 22.3. The van der Waals surface area contributed by atoms with Gasteiger partial charge in [-0.3, -0.25) is 0 Å². The summed E-state index contributed by atoms with van der Waals surface area (Å²) in [7, 11) is 0. The fraction of sp³-hybridized carbons (Fsp3) is 0.758. The lowest BCUT2D eigenvalue weighted by Crippen LogP contribution is -2.54. The topological polar surface area (TPSA) is 0 Å². The molecule has 0 spiro atoms. The van der Waals surface area contributed by atoms with E-state index in [1.54, 1.807) is 39.0 Å². The van der Waals surface area contributed by atoms with E-state index in [0.717, 1.165) is 94.7 Å². The highest BCUT2D eigenvalue weighted by Crippen LogP contribution is 2.77. The Morgan fingerprint density at radius 2 is 0.864 bits per heavy atom. The second-order valence-corrected chi connectivity index (χ2v) is 30.7. The van der Waals surface area contributed by atoms with Crippen LogP contribution < -0.4 is 0 Å². The van der Waals surface area contributed by atoms with Crippen LogP contribution in [0.4, 0.5) is 0 Å². The average molecular weight is 889 g/mol. The first-order chi connectivity index (χ1) is 30.9. The molecule has 11 rings (SSSR count). The third kappa shape index (κ3) is 7.43. The predicted molar refractivity (Wildman–Crippen MR) is 281 cm³/mol. The summed E-state index contributed by atoms with van der Waals surface area (Å²) in [6.45, 7) is 37.7. The maximum absolute atomic E-state index is 2.96. The van der Waals surface area contributed by atoms with E-state index in [4.69, 9.17) is 0 Å². The van der Waals surface area contributed by atoms with Crippen LogP contribution in [-0.4, -0.2) is 0 Å². The van der Waals surface area contributed by atoms with Gasteiger partial charge in [0.05, 0.1) is 0 Å². The van der Waals surface area contributed by atoms with E-state index in [9.17, 15) is 0 Å². The fourth-order valence-electron chi connectivity index (χ4n) is 19.6. The molecule has 0 bridgehead atoms. The molecule has 2 aromatic rings. The second-order valence-electron chi connectivity index (χ2n) is 30.7. The van der Waals surface area contributed by atoms with Crippen molar-refractivity contribution in [3.05, 3.63) is 93.6 Å². The minimum Gasteiger partial charge on any atom is -0.0882 e. The van der Waals surface area contributed by atoms with Gasteiger partial charge in [0, 0.05) is 0 Å². The molecule has 0 aliphatic heterocycles. The summed E-state index contributed by atoms with van der Waals surface area (Å²) in [5, 5.41) is 0. The first-order valence-electron chi connectivity index (χ1n) is 28.6. The van der Waals surface area contributed by atoms with E-state index in [1.807, 2.05) is 0 Å². The highest BCUT2D eigenvalue weighted by atomic mass is 14.7. The van der Waals surface area contributed by atoms with Crippen LogP contribution in [0.3, 0.4) is 0 Å². The fourth-order valence-corrected chi connectivity index (χ4v) is 19.6. The molecule has 0 heterocycles. The number of benzene rings is 2. The average Bonchev–Trinajstić information content (AvgIpc) is 3.74. The SMILES string of the molecule is CC(C)(C)C1=CC2C(CC1)C1CC3C(c4cc(C(C)(C)C)cc(C(C)(C)C)c4)C4C5CCCC6C7C=CCCC7CC(C65)C4C(c4cc(C(C)(C)C)cc(C(C)(C)C)c4)C3C3CCCC2C13. The predicted octanol–water partition coefficient (Wildman–Crippen LogP) is 17.9. The van der Waals surface area contributed by atoms with Gasteiger partial charge in [-0.1, -0.05) is 177 Å². The quantitative estimate of drug-likeness (QED) is 0.264. The Hall–Kier alpha value is -2.08. The van der Waals surface area contributed by atoms with E-state index in [-0.39, 0.29) is 21.7 Å². The molecule has 7 saturated carbocycles. The van der Waals surface area contributed by atoms with Gasteiger partial charge in [-0.15, -0.1) is 0 Å². The molecule has 0 amide bonds. The third-order valence-corrected chi connectivity index (χ3v) is 22.3. The summed E-state index contributed by atoms with van der Waals surface area (Å²) in [5.74, 6) is 15.0. The molecule has 0 saturated heterocycles. The maximum atomic E-state index is 2.96. The van der Waals surface area contributed by atoms with E-state index in [0.29, 0.717) is 17.3 Å². The van der Waals surface area contributed by atoms with Gasteiger partial charge in [0.1, 0.15) is 0 Å². The number of hydrogen-bond acceptors (Lipinski definition) is 0. The zero-order valence-electron chi connectivity index (χ0n) is 45.1. The van der Waals surface area contributed by atoms with E-state index >= 15 is 0 Å². The Kier molecular flexibility index (Phi) is 11.0. The van der Waals surface area contributed by atoms with E-state index in [1.165, 1.54) is 77.0 Å². The Balaban J connectivity index is 1.18. The summed E-state index contributed by atoms with van der Waals surface area (Å²) in [5.41, 5.74) is 12.6. The molecule has 0 nitrogen and oxygen atoms in total. The summed E-state index contributed by atoms with van der Waals surface area (Å²) in [6.07, 6.45) is 25.9. The van der Waals surface area contributed by atoms with Crippen LogP contribution in [-0.2, 0) is 21.7 Å². The van der Waals surface area contributed by atoms with Crippen LogP contribution in [0.2, 0.25) is 0 Å². The molecule has 0 radical (unpaired) electrons. The maximum Gasteiger partial charge on any atom is -0.00937 e. The number of allylic oxidation sites excluding steroid dienone is 4. The van der Waals surface area contributed by atoms with Crippen molar-refractivity contribution in [2.24, 2.45) is 100 Å². The van der Waals surface area contributed by atoms with Crippen LogP contribution in [0.1, 0.15) is 226 Å². The Morgan fingerprint density at radius 1 is 0.379 bits per heavy atom. The van der Waals surface area contributed by atoms with Gasteiger partial charge < -0.3 is 0 Å². The minimum atomic E-state index is 0.121. The molecular formula is C66H96. The number of rotatable bonds is 2. The second kappa shape index (κ2) is 15.7. The largest absolute Gasteiger partial charge is 0.0882 e. The van der Waals surface area contributed by atoms with Crippen LogP contribution in [0.15, 0.2) is 60.2 Å². The van der Waals surface area contributed by atoms with Crippen molar-refractivity contribution in [3.8, 4) is 0 Å². The van der Waals surface area contributed by atoms with Gasteiger partial charge in [0.15, 0.2) is 0 Å². The first-order valence-corrected chi connectivity index (χ1v) is 28.6. The Morgan fingerprint density at radius 3 is 1.41 bits per heavy atom. The van der Waals surface area contributed by atoms with Gasteiger partial charge >= 0.3 is 0 Å². The summed E-state index contributed by atoms with van der Waals surface area (Å²) >= 11 is 0. The zero-order valence-corrected chi connectivity index (χ0v) is 45.1. The van der Waals surface area contributed by atoms with Crippen LogP contribution in [0.5, 0.6) is 0 Å². The lowest BCUT2D eigenvalue weighted by molar-refractivity contribution is -0.0865. The van der Waals surface area contributed by atoms with Crippen molar-refractivity contribution >= 4 is 0 Å². The van der Waals surface area contributed by atoms with Crippen molar-refractivity contribution < 1.29 is 0 Å². The molecular weight excluding hydrogens is 793 g/mol. The van der Waals surface area contributed by atoms with Crippen molar-refractivity contribution in [2.75, 3.05) is 0 Å². The highest BCUT2D eigenvalue weighted by molar-refractivity contribution is 5.45. The number of hydrogen-bond donors (Lipinski definition) is 0. The standard InChI is InChI=1S/C66H96/c1-62(2,3)40-26-27-46-51(35-40)48-23-19-24-49-57(48)52(46)36-54-55(38-28-41(63(4,5)6)33-42(29-38)64(7,8)9)60-50-25-18-22-47-45-21-17-16-20-37(45)32-53(58(47)50)61(60)56(59(49)54)39-30-43(65(10,11)12)34-44(31-39)66(13,14)15/h17,21,28-31,33-35,37,45-61H,16,18-20,22-27,32,36H2,1-15H3. The minimum absolute atomic E-state index is 0.121. The van der Waals surface area contributed by atoms with Gasteiger partial charge in [0.25, 0.3) is 0 Å². The zero-order chi connectivity index (χ0) is 46.8. The van der Waals surface area contributed by atoms with Crippen molar-refractivity contribution in [2.45, 2.75) is 214 Å². The molecule has 9 aliphatic carbocycles. The smallest absolute Gasteiger partial charge is 0.00937 e. The lowest BCUT2D eigenvalue weighted by Gasteiger charge is -2.61. The van der Waals surface area contributed by atoms with E-state index in [2.05, 4.69) is 158 Å². The number of fused-ring (bicyclic) bond motifs is 10. The molecule has 360 valence electrons. The molecule has 7 fully saturated rings. The molecule has 0 aromatic heterocycles. The van der Waals surface area contributed by atoms with Gasteiger partial charge in [-0.2, -0.15) is 0 Å². The normalized spacial score (nSPS) is 41.8. The molecule has 66 heavy (non-hydrogen) atoms. The lowest BCUT2D eigenvalue weighted by atomic mass is 9.43. The molecule has 0 heteroatoms.